The molecule has 12 heavy (non-hydrogen) atoms. The summed E-state index contributed by atoms with van der Waals surface area (Å²) in [7, 11) is 0. The van der Waals surface area contributed by atoms with Crippen molar-refractivity contribution in [2.75, 3.05) is 6.54 Å². The second kappa shape index (κ2) is 3.44. The Morgan fingerprint density at radius 2 is 2.17 bits per heavy atom. The number of amidine groups is 1. The van der Waals surface area contributed by atoms with Crippen LogP contribution in [0, 0.1) is 11.3 Å². The lowest BCUT2D eigenvalue weighted by Crippen LogP contribution is -2.44. The van der Waals surface area contributed by atoms with Gasteiger partial charge in [-0.15, -0.1) is 0 Å². The molecule has 0 spiro atoms. The summed E-state index contributed by atoms with van der Waals surface area (Å²) in [6, 6.07) is 0.698. The monoisotopic (exact) mass is 169 g/mol. The molecule has 0 saturated carbocycles. The number of nitrogens with zero attached hydrogens (tertiary/aromatic N) is 1. The van der Waals surface area contributed by atoms with E-state index in [0.29, 0.717) is 6.04 Å². The van der Waals surface area contributed by atoms with Gasteiger partial charge in [-0.25, -0.2) is 0 Å². The highest BCUT2D eigenvalue weighted by molar-refractivity contribution is 5.82. The minimum atomic E-state index is 0.116. The maximum atomic E-state index is 7.36. The molecule has 1 aliphatic heterocycles. The fourth-order valence-electron chi connectivity index (χ4n) is 2.05. The molecule has 0 aromatic rings. The van der Waals surface area contributed by atoms with E-state index in [2.05, 4.69) is 18.7 Å². The van der Waals surface area contributed by atoms with Crippen molar-refractivity contribution in [2.45, 2.75) is 39.3 Å². The van der Waals surface area contributed by atoms with Gasteiger partial charge < -0.3 is 5.73 Å². The van der Waals surface area contributed by atoms with Crippen LogP contribution in [-0.4, -0.2) is 29.4 Å². The molecule has 1 heterocycles. The minimum Gasteiger partial charge on any atom is -0.386 e. The van der Waals surface area contributed by atoms with Gasteiger partial charge >= 0.3 is 0 Å². The van der Waals surface area contributed by atoms with Crippen LogP contribution in [0.4, 0.5) is 0 Å². The molecule has 0 bridgehead atoms. The maximum Gasteiger partial charge on any atom is 0.108 e. The summed E-state index contributed by atoms with van der Waals surface area (Å²) in [6.07, 6.45) is 1.23. The van der Waals surface area contributed by atoms with Crippen molar-refractivity contribution in [3.05, 3.63) is 0 Å². The van der Waals surface area contributed by atoms with E-state index in [4.69, 9.17) is 11.1 Å². The zero-order valence-electron chi connectivity index (χ0n) is 8.17. The Morgan fingerprint density at radius 3 is 2.50 bits per heavy atom. The second-order valence-corrected chi connectivity index (χ2v) is 4.02. The third-order valence-corrected chi connectivity index (χ3v) is 2.78. The SMILES string of the molecule is CC1CC(C)N(C(C)C(=N)N)C1. The van der Waals surface area contributed by atoms with Crippen LogP contribution in [0.2, 0.25) is 0 Å². The van der Waals surface area contributed by atoms with Crippen molar-refractivity contribution in [1.29, 1.82) is 5.41 Å². The van der Waals surface area contributed by atoms with Crippen LogP contribution in [0.5, 0.6) is 0 Å². The fourth-order valence-corrected chi connectivity index (χ4v) is 2.05. The Morgan fingerprint density at radius 1 is 1.58 bits per heavy atom. The molecule has 3 atom stereocenters. The predicted octanol–water partition coefficient (Wildman–Crippen LogP) is 1.04. The van der Waals surface area contributed by atoms with Gasteiger partial charge in [0.1, 0.15) is 5.84 Å². The number of hydrogen-bond acceptors (Lipinski definition) is 2. The van der Waals surface area contributed by atoms with Crippen LogP contribution < -0.4 is 5.73 Å². The smallest absolute Gasteiger partial charge is 0.108 e. The van der Waals surface area contributed by atoms with Crippen LogP contribution in [0.3, 0.4) is 0 Å². The fraction of sp³-hybridized carbons (Fsp3) is 0.889. The molecule has 0 aromatic carbocycles. The zero-order valence-corrected chi connectivity index (χ0v) is 8.17. The Bertz CT molecular complexity index is 179. The van der Waals surface area contributed by atoms with Gasteiger partial charge in [-0.2, -0.15) is 0 Å². The van der Waals surface area contributed by atoms with Gasteiger partial charge in [0.15, 0.2) is 0 Å². The number of nitrogens with two attached hydrogens (primary N) is 1. The van der Waals surface area contributed by atoms with Gasteiger partial charge in [0.25, 0.3) is 0 Å². The second-order valence-electron chi connectivity index (χ2n) is 4.02. The first kappa shape index (κ1) is 9.52. The molecule has 70 valence electrons. The molecule has 3 unspecified atom stereocenters. The summed E-state index contributed by atoms with van der Waals surface area (Å²) >= 11 is 0. The molecule has 3 heteroatoms. The molecule has 0 radical (unpaired) electrons. The van der Waals surface area contributed by atoms with E-state index in [1.165, 1.54) is 6.42 Å². The third kappa shape index (κ3) is 1.78. The Hall–Kier alpha value is -0.570. The molecule has 1 fully saturated rings. The summed E-state index contributed by atoms with van der Waals surface area (Å²) in [6.45, 7) is 7.56. The zero-order chi connectivity index (χ0) is 9.30. The van der Waals surface area contributed by atoms with Crippen molar-refractivity contribution in [3.63, 3.8) is 0 Å². The van der Waals surface area contributed by atoms with Crippen LogP contribution in [0.25, 0.3) is 0 Å². The molecule has 0 amide bonds. The summed E-state index contributed by atoms with van der Waals surface area (Å²) in [4.78, 5) is 2.31. The first-order valence-electron chi connectivity index (χ1n) is 4.62. The molecule has 0 aromatic heterocycles. The van der Waals surface area contributed by atoms with Gasteiger partial charge in [-0.3, -0.25) is 10.3 Å². The standard InChI is InChI=1S/C9H19N3/c1-6-4-7(2)12(5-6)8(3)9(10)11/h6-8H,4-5H2,1-3H3,(H3,10,11). The molecular formula is C9H19N3. The number of likely N-dealkylation sites (tertiary alicyclic amines) is 1. The molecule has 3 N–H and O–H groups in total. The van der Waals surface area contributed by atoms with E-state index in [1.807, 2.05) is 6.92 Å². The number of nitrogens with one attached hydrogen (secondary N) is 1. The predicted molar refractivity (Wildman–Crippen MR) is 51.3 cm³/mol. The van der Waals surface area contributed by atoms with Gasteiger partial charge in [-0.05, 0) is 26.2 Å². The molecular weight excluding hydrogens is 150 g/mol. The average Bonchev–Trinajstić information content (AvgIpc) is 2.28. The van der Waals surface area contributed by atoms with Crippen LogP contribution in [-0.2, 0) is 0 Å². The molecule has 1 aliphatic rings. The van der Waals surface area contributed by atoms with Crippen LogP contribution in [0.1, 0.15) is 27.2 Å². The lowest BCUT2D eigenvalue weighted by atomic mass is 10.1. The number of hydrogen-bond donors (Lipinski definition) is 2. The van der Waals surface area contributed by atoms with Crippen molar-refractivity contribution >= 4 is 5.84 Å². The van der Waals surface area contributed by atoms with E-state index in [1.54, 1.807) is 0 Å². The normalized spacial score (nSPS) is 33.6. The van der Waals surface area contributed by atoms with Crippen LogP contribution in [0.15, 0.2) is 0 Å². The average molecular weight is 169 g/mol. The lowest BCUT2D eigenvalue weighted by molar-refractivity contribution is 0.242. The maximum absolute atomic E-state index is 7.36. The quantitative estimate of drug-likeness (QED) is 0.479. The van der Waals surface area contributed by atoms with Gasteiger partial charge in [0.05, 0.1) is 6.04 Å². The topological polar surface area (TPSA) is 53.1 Å². The summed E-state index contributed by atoms with van der Waals surface area (Å²) in [5.41, 5.74) is 5.47. The Kier molecular flexibility index (Phi) is 2.73. The van der Waals surface area contributed by atoms with Crippen molar-refractivity contribution in [3.8, 4) is 0 Å². The highest BCUT2D eigenvalue weighted by Gasteiger charge is 2.30. The first-order valence-corrected chi connectivity index (χ1v) is 4.62. The first-order chi connectivity index (χ1) is 5.52. The minimum absolute atomic E-state index is 0.116. The van der Waals surface area contributed by atoms with Crippen molar-refractivity contribution in [1.82, 2.24) is 4.90 Å². The van der Waals surface area contributed by atoms with E-state index in [9.17, 15) is 0 Å². The highest BCUT2D eigenvalue weighted by atomic mass is 15.2. The Balaban J connectivity index is 2.57. The van der Waals surface area contributed by atoms with Gasteiger partial charge in [-0.1, -0.05) is 6.92 Å². The van der Waals surface area contributed by atoms with Crippen molar-refractivity contribution in [2.24, 2.45) is 11.7 Å². The Labute approximate surface area is 74.4 Å². The molecule has 0 aliphatic carbocycles. The summed E-state index contributed by atoms with van der Waals surface area (Å²) in [5, 5.41) is 7.36. The van der Waals surface area contributed by atoms with E-state index in [-0.39, 0.29) is 11.9 Å². The molecule has 3 nitrogen and oxygen atoms in total. The van der Waals surface area contributed by atoms with E-state index in [0.717, 1.165) is 12.5 Å². The van der Waals surface area contributed by atoms with Crippen molar-refractivity contribution < 1.29 is 0 Å². The van der Waals surface area contributed by atoms with E-state index >= 15 is 0 Å². The summed E-state index contributed by atoms with van der Waals surface area (Å²) < 4.78 is 0. The van der Waals surface area contributed by atoms with E-state index < -0.39 is 0 Å². The van der Waals surface area contributed by atoms with Gasteiger partial charge in [0, 0.05) is 12.6 Å². The highest BCUT2D eigenvalue weighted by Crippen LogP contribution is 2.24. The third-order valence-electron chi connectivity index (χ3n) is 2.78. The molecule has 1 saturated heterocycles. The lowest BCUT2D eigenvalue weighted by Gasteiger charge is -2.27. The number of rotatable bonds is 2. The van der Waals surface area contributed by atoms with Gasteiger partial charge in [0.2, 0.25) is 0 Å². The largest absolute Gasteiger partial charge is 0.386 e. The summed E-state index contributed by atoms with van der Waals surface area (Å²) in [5.74, 6) is 1.04. The van der Waals surface area contributed by atoms with Crippen LogP contribution >= 0.6 is 0 Å². The molecule has 1 rings (SSSR count).